The summed E-state index contributed by atoms with van der Waals surface area (Å²) >= 11 is 11.9. The van der Waals surface area contributed by atoms with Crippen molar-refractivity contribution in [2.45, 2.75) is 32.2 Å². The topological polar surface area (TPSA) is 49.3 Å². The van der Waals surface area contributed by atoms with Gasteiger partial charge < -0.3 is 10.4 Å². The fraction of sp³-hybridized carbons (Fsp3) is 0.417. The molecule has 0 aromatic heterocycles. The van der Waals surface area contributed by atoms with Crippen LogP contribution in [0.4, 0.5) is 5.69 Å². The molecule has 0 radical (unpaired) electrons. The van der Waals surface area contributed by atoms with Crippen LogP contribution >= 0.6 is 23.2 Å². The van der Waals surface area contributed by atoms with E-state index in [4.69, 9.17) is 28.3 Å². The number of carboxylic acid groups (broad SMARTS) is 1. The Morgan fingerprint density at radius 2 is 2.18 bits per heavy atom. The van der Waals surface area contributed by atoms with Gasteiger partial charge in [0.1, 0.15) is 6.04 Å². The van der Waals surface area contributed by atoms with Gasteiger partial charge in [0.05, 0.1) is 15.7 Å². The first-order valence-corrected chi connectivity index (χ1v) is 6.25. The van der Waals surface area contributed by atoms with Crippen molar-refractivity contribution >= 4 is 34.9 Å². The van der Waals surface area contributed by atoms with Crippen LogP contribution in [0.1, 0.15) is 26.2 Å². The summed E-state index contributed by atoms with van der Waals surface area (Å²) in [7, 11) is 0. The van der Waals surface area contributed by atoms with Gasteiger partial charge in [0, 0.05) is 0 Å². The predicted molar refractivity (Wildman–Crippen MR) is 71.0 cm³/mol. The predicted octanol–water partition coefficient (Wildman–Crippen LogP) is 4.05. The molecular formula is C12H15Cl2NO2. The number of hydrogen-bond donors (Lipinski definition) is 2. The minimum Gasteiger partial charge on any atom is -0.480 e. The summed E-state index contributed by atoms with van der Waals surface area (Å²) in [5.41, 5.74) is 0.558. The Bertz CT molecular complexity index is 396. The quantitative estimate of drug-likeness (QED) is 0.824. The third-order valence-electron chi connectivity index (χ3n) is 2.43. The molecule has 17 heavy (non-hydrogen) atoms. The molecule has 1 aromatic carbocycles. The summed E-state index contributed by atoms with van der Waals surface area (Å²) in [4.78, 5) is 11.1. The summed E-state index contributed by atoms with van der Waals surface area (Å²) in [5, 5.41) is 12.8. The summed E-state index contributed by atoms with van der Waals surface area (Å²) < 4.78 is 0. The molecule has 3 nitrogen and oxygen atoms in total. The summed E-state index contributed by atoms with van der Waals surface area (Å²) in [6, 6.07) is 4.48. The minimum absolute atomic E-state index is 0.358. The highest BCUT2D eigenvalue weighted by atomic mass is 35.5. The second-order valence-electron chi connectivity index (χ2n) is 3.78. The van der Waals surface area contributed by atoms with E-state index in [1.165, 1.54) is 0 Å². The Morgan fingerprint density at radius 3 is 2.76 bits per heavy atom. The van der Waals surface area contributed by atoms with E-state index in [0.29, 0.717) is 22.2 Å². The molecule has 0 bridgehead atoms. The molecule has 0 saturated carbocycles. The first kappa shape index (κ1) is 14.1. The maximum Gasteiger partial charge on any atom is 0.326 e. The standard InChI is InChI=1S/C12H15Cl2NO2/c1-2-3-6-10(12(16)17)15-9-7-4-5-8(13)11(9)14/h4-5,7,10,15H,2-3,6H2,1H3,(H,16,17). The largest absolute Gasteiger partial charge is 0.480 e. The second kappa shape index (κ2) is 6.72. The Hall–Kier alpha value is -0.930. The molecule has 2 N–H and O–H groups in total. The highest BCUT2D eigenvalue weighted by Gasteiger charge is 2.17. The van der Waals surface area contributed by atoms with Crippen LogP contribution in [-0.2, 0) is 4.79 Å². The van der Waals surface area contributed by atoms with Gasteiger partial charge in [-0.2, -0.15) is 0 Å². The van der Waals surface area contributed by atoms with E-state index in [1.54, 1.807) is 18.2 Å². The van der Waals surface area contributed by atoms with Gasteiger partial charge in [0.2, 0.25) is 0 Å². The Morgan fingerprint density at radius 1 is 1.47 bits per heavy atom. The van der Waals surface area contributed by atoms with Crippen molar-refractivity contribution in [3.63, 3.8) is 0 Å². The number of unbranched alkanes of at least 4 members (excludes halogenated alkanes) is 1. The number of halogens is 2. The third-order valence-corrected chi connectivity index (χ3v) is 3.24. The molecule has 0 aliphatic carbocycles. The monoisotopic (exact) mass is 275 g/mol. The van der Waals surface area contributed by atoms with E-state index < -0.39 is 12.0 Å². The highest BCUT2D eigenvalue weighted by molar-refractivity contribution is 6.43. The van der Waals surface area contributed by atoms with Crippen LogP contribution in [-0.4, -0.2) is 17.1 Å². The number of aliphatic carboxylic acids is 1. The zero-order valence-corrected chi connectivity index (χ0v) is 11.1. The molecule has 0 aliphatic heterocycles. The molecule has 0 spiro atoms. The van der Waals surface area contributed by atoms with Gasteiger partial charge in [-0.15, -0.1) is 0 Å². The molecule has 0 amide bonds. The Labute approximate surface area is 111 Å². The first-order valence-electron chi connectivity index (χ1n) is 5.49. The van der Waals surface area contributed by atoms with E-state index in [2.05, 4.69) is 5.32 Å². The van der Waals surface area contributed by atoms with Crippen molar-refractivity contribution in [1.29, 1.82) is 0 Å². The van der Waals surface area contributed by atoms with Gasteiger partial charge in [-0.3, -0.25) is 0 Å². The molecular weight excluding hydrogens is 261 g/mol. The summed E-state index contributed by atoms with van der Waals surface area (Å²) in [5.74, 6) is -0.880. The number of carbonyl (C=O) groups is 1. The number of anilines is 1. The van der Waals surface area contributed by atoms with Crippen molar-refractivity contribution in [3.05, 3.63) is 28.2 Å². The van der Waals surface area contributed by atoms with E-state index in [9.17, 15) is 4.79 Å². The SMILES string of the molecule is CCCCC(Nc1cccc(Cl)c1Cl)C(=O)O. The van der Waals surface area contributed by atoms with E-state index >= 15 is 0 Å². The molecule has 1 atom stereocenters. The van der Waals surface area contributed by atoms with Crippen molar-refractivity contribution in [3.8, 4) is 0 Å². The maximum atomic E-state index is 11.1. The van der Waals surface area contributed by atoms with Crippen LogP contribution in [0.15, 0.2) is 18.2 Å². The van der Waals surface area contributed by atoms with Crippen molar-refractivity contribution < 1.29 is 9.90 Å². The lowest BCUT2D eigenvalue weighted by molar-refractivity contribution is -0.138. The number of benzene rings is 1. The van der Waals surface area contributed by atoms with Crippen molar-refractivity contribution in [2.24, 2.45) is 0 Å². The average Bonchev–Trinajstić information content (AvgIpc) is 2.29. The third kappa shape index (κ3) is 4.10. The van der Waals surface area contributed by atoms with Crippen LogP contribution in [0.25, 0.3) is 0 Å². The molecule has 94 valence electrons. The number of carboxylic acids is 1. The summed E-state index contributed by atoms with van der Waals surface area (Å²) in [6.07, 6.45) is 2.37. The zero-order valence-electron chi connectivity index (χ0n) is 9.54. The van der Waals surface area contributed by atoms with Crippen molar-refractivity contribution in [1.82, 2.24) is 0 Å². The Balaban J connectivity index is 2.78. The van der Waals surface area contributed by atoms with Gasteiger partial charge in [-0.05, 0) is 18.6 Å². The lowest BCUT2D eigenvalue weighted by Gasteiger charge is -2.16. The molecule has 1 rings (SSSR count). The molecule has 1 aromatic rings. The molecule has 0 aliphatic rings. The van der Waals surface area contributed by atoms with Gasteiger partial charge in [-0.1, -0.05) is 49.0 Å². The van der Waals surface area contributed by atoms with Crippen LogP contribution < -0.4 is 5.32 Å². The van der Waals surface area contributed by atoms with Gasteiger partial charge >= 0.3 is 5.97 Å². The van der Waals surface area contributed by atoms with Crippen LogP contribution in [0.3, 0.4) is 0 Å². The van der Waals surface area contributed by atoms with E-state index in [1.807, 2.05) is 6.92 Å². The molecule has 0 saturated heterocycles. The highest BCUT2D eigenvalue weighted by Crippen LogP contribution is 2.30. The zero-order chi connectivity index (χ0) is 12.8. The molecule has 1 unspecified atom stereocenters. The lowest BCUT2D eigenvalue weighted by atomic mass is 10.1. The first-order chi connectivity index (χ1) is 8.06. The van der Waals surface area contributed by atoms with E-state index in [0.717, 1.165) is 12.8 Å². The molecule has 5 heteroatoms. The number of rotatable bonds is 6. The fourth-order valence-electron chi connectivity index (χ4n) is 1.47. The van der Waals surface area contributed by atoms with Gasteiger partial charge in [0.15, 0.2) is 0 Å². The number of nitrogens with one attached hydrogen (secondary N) is 1. The summed E-state index contributed by atoms with van der Waals surface area (Å²) in [6.45, 7) is 2.02. The van der Waals surface area contributed by atoms with Crippen LogP contribution in [0, 0.1) is 0 Å². The maximum absolute atomic E-state index is 11.1. The Kier molecular flexibility index (Phi) is 5.59. The molecule has 0 fully saturated rings. The normalized spacial score (nSPS) is 12.2. The average molecular weight is 276 g/mol. The lowest BCUT2D eigenvalue weighted by Crippen LogP contribution is -2.29. The fourth-order valence-corrected chi connectivity index (χ4v) is 1.82. The van der Waals surface area contributed by atoms with Crippen LogP contribution in [0.5, 0.6) is 0 Å². The molecule has 0 heterocycles. The second-order valence-corrected chi connectivity index (χ2v) is 4.56. The number of hydrogen-bond acceptors (Lipinski definition) is 2. The van der Waals surface area contributed by atoms with Crippen molar-refractivity contribution in [2.75, 3.05) is 5.32 Å². The van der Waals surface area contributed by atoms with Gasteiger partial charge in [0.25, 0.3) is 0 Å². The minimum atomic E-state index is -0.880. The van der Waals surface area contributed by atoms with E-state index in [-0.39, 0.29) is 0 Å². The smallest absolute Gasteiger partial charge is 0.326 e. The van der Waals surface area contributed by atoms with Gasteiger partial charge in [-0.25, -0.2) is 4.79 Å². The van der Waals surface area contributed by atoms with Crippen LogP contribution in [0.2, 0.25) is 10.0 Å².